The zero-order chi connectivity index (χ0) is 13.0. The van der Waals surface area contributed by atoms with Gasteiger partial charge in [0, 0.05) is 5.38 Å². The maximum absolute atomic E-state index is 11.8. The van der Waals surface area contributed by atoms with Crippen molar-refractivity contribution < 1.29 is 9.53 Å². The van der Waals surface area contributed by atoms with Gasteiger partial charge in [-0.15, -0.1) is 11.3 Å². The van der Waals surface area contributed by atoms with Crippen LogP contribution < -0.4 is 5.73 Å². The summed E-state index contributed by atoms with van der Waals surface area (Å²) >= 11 is 1.39. The summed E-state index contributed by atoms with van der Waals surface area (Å²) in [6, 6.07) is -0.144. The zero-order valence-corrected chi connectivity index (χ0v) is 11.6. The number of nitrogens with two attached hydrogens (primary N) is 1. The number of thiazole rings is 1. The minimum atomic E-state index is -0.360. The highest BCUT2D eigenvalue weighted by Crippen LogP contribution is 2.17. The van der Waals surface area contributed by atoms with Gasteiger partial charge in [0.2, 0.25) is 0 Å². The largest absolute Gasteiger partial charge is 0.458 e. The average Bonchev–Trinajstić information content (AvgIpc) is 2.64. The summed E-state index contributed by atoms with van der Waals surface area (Å²) in [5.74, 6) is 0.147. The fourth-order valence-corrected chi connectivity index (χ4v) is 2.29. The quantitative estimate of drug-likeness (QED) is 0.823. The highest BCUT2D eigenvalue weighted by atomic mass is 32.1. The predicted molar refractivity (Wildman–Crippen MR) is 69.0 cm³/mol. The van der Waals surface area contributed by atoms with E-state index in [2.05, 4.69) is 18.8 Å². The number of ether oxygens (including phenoxy) is 1. The van der Waals surface area contributed by atoms with Crippen molar-refractivity contribution in [3.05, 3.63) is 16.1 Å². The van der Waals surface area contributed by atoms with Gasteiger partial charge in [0.1, 0.15) is 5.01 Å². The lowest BCUT2D eigenvalue weighted by atomic mass is 10.1. The molecule has 1 aromatic heterocycles. The maximum atomic E-state index is 11.8. The van der Waals surface area contributed by atoms with E-state index in [1.54, 1.807) is 5.38 Å². The van der Waals surface area contributed by atoms with Gasteiger partial charge in [-0.25, -0.2) is 9.78 Å². The summed E-state index contributed by atoms with van der Waals surface area (Å²) in [5, 5.41) is 2.46. The molecule has 0 aliphatic carbocycles. The first-order valence-electron chi connectivity index (χ1n) is 5.82. The highest BCUT2D eigenvalue weighted by Gasteiger charge is 2.17. The van der Waals surface area contributed by atoms with Crippen LogP contribution in [0.5, 0.6) is 0 Å². The molecule has 2 atom stereocenters. The fraction of sp³-hybridized carbons (Fsp3) is 0.667. The van der Waals surface area contributed by atoms with Crippen LogP contribution >= 0.6 is 11.3 Å². The van der Waals surface area contributed by atoms with Gasteiger partial charge in [-0.2, -0.15) is 0 Å². The third-order valence-electron chi connectivity index (χ3n) is 2.23. The van der Waals surface area contributed by atoms with Gasteiger partial charge in [0.25, 0.3) is 0 Å². The predicted octanol–water partition coefficient (Wildman–Crippen LogP) is 2.75. The second-order valence-corrected chi connectivity index (χ2v) is 5.59. The Bertz CT molecular complexity index is 374. The molecule has 1 rings (SSSR count). The Labute approximate surface area is 106 Å². The van der Waals surface area contributed by atoms with Crippen molar-refractivity contribution in [3.8, 4) is 0 Å². The summed E-state index contributed by atoms with van der Waals surface area (Å²) in [6.45, 7) is 7.94. The molecule has 17 heavy (non-hydrogen) atoms. The lowest BCUT2D eigenvalue weighted by Gasteiger charge is -2.14. The van der Waals surface area contributed by atoms with Gasteiger partial charge in [-0.05, 0) is 26.2 Å². The topological polar surface area (TPSA) is 65.2 Å². The number of hydrogen-bond acceptors (Lipinski definition) is 5. The smallest absolute Gasteiger partial charge is 0.358 e. The monoisotopic (exact) mass is 256 g/mol. The lowest BCUT2D eigenvalue weighted by molar-refractivity contribution is 0.0293. The Morgan fingerprint density at radius 2 is 2.12 bits per heavy atom. The number of rotatable bonds is 5. The van der Waals surface area contributed by atoms with Crippen molar-refractivity contribution in [1.82, 2.24) is 4.98 Å². The summed E-state index contributed by atoms with van der Waals surface area (Å²) in [6.07, 6.45) is 0.777. The highest BCUT2D eigenvalue weighted by molar-refractivity contribution is 7.09. The number of hydrogen-bond donors (Lipinski definition) is 1. The Balaban J connectivity index is 2.57. The maximum Gasteiger partial charge on any atom is 0.358 e. The average molecular weight is 256 g/mol. The Morgan fingerprint density at radius 1 is 1.47 bits per heavy atom. The Morgan fingerprint density at radius 3 is 2.59 bits per heavy atom. The van der Waals surface area contributed by atoms with Crippen molar-refractivity contribution in [2.75, 3.05) is 0 Å². The van der Waals surface area contributed by atoms with Crippen LogP contribution in [-0.2, 0) is 4.74 Å². The molecule has 0 amide bonds. The molecule has 2 unspecified atom stereocenters. The molecule has 0 spiro atoms. The van der Waals surface area contributed by atoms with Crippen LogP contribution in [0.15, 0.2) is 5.38 Å². The molecule has 0 saturated heterocycles. The van der Waals surface area contributed by atoms with Gasteiger partial charge < -0.3 is 10.5 Å². The van der Waals surface area contributed by atoms with E-state index in [0.717, 1.165) is 11.4 Å². The third kappa shape index (κ3) is 4.44. The Kier molecular flexibility index (Phi) is 5.08. The van der Waals surface area contributed by atoms with Crippen LogP contribution in [-0.4, -0.2) is 17.1 Å². The van der Waals surface area contributed by atoms with E-state index in [-0.39, 0.29) is 18.1 Å². The zero-order valence-electron chi connectivity index (χ0n) is 10.8. The van der Waals surface area contributed by atoms with E-state index >= 15 is 0 Å². The standard InChI is InChI=1S/C12H20N2O2S/c1-7(2)5-8(3)16-12(15)10-6-17-11(14-10)9(4)13/h6-9H,5,13H2,1-4H3. The van der Waals surface area contributed by atoms with Crippen LogP contribution in [0.3, 0.4) is 0 Å². The first-order chi connectivity index (χ1) is 7.90. The van der Waals surface area contributed by atoms with E-state index in [4.69, 9.17) is 10.5 Å². The molecule has 0 fully saturated rings. The summed E-state index contributed by atoms with van der Waals surface area (Å²) in [5.41, 5.74) is 6.05. The van der Waals surface area contributed by atoms with Crippen LogP contribution in [0.2, 0.25) is 0 Å². The number of aromatic nitrogens is 1. The molecule has 0 radical (unpaired) electrons. The van der Waals surface area contributed by atoms with Gasteiger partial charge in [-0.1, -0.05) is 13.8 Å². The van der Waals surface area contributed by atoms with Gasteiger partial charge in [0.15, 0.2) is 5.69 Å². The van der Waals surface area contributed by atoms with E-state index in [1.807, 2.05) is 13.8 Å². The van der Waals surface area contributed by atoms with Crippen molar-refractivity contribution in [2.24, 2.45) is 11.7 Å². The fourth-order valence-electron chi connectivity index (χ4n) is 1.55. The summed E-state index contributed by atoms with van der Waals surface area (Å²) < 4.78 is 5.30. The molecule has 0 aliphatic rings. The SMILES string of the molecule is CC(C)CC(C)OC(=O)c1csc(C(C)N)n1. The first-order valence-corrected chi connectivity index (χ1v) is 6.70. The van der Waals surface area contributed by atoms with Crippen LogP contribution in [0.1, 0.15) is 55.7 Å². The van der Waals surface area contributed by atoms with E-state index in [1.165, 1.54) is 11.3 Å². The molecule has 1 heterocycles. The first kappa shape index (κ1) is 14.1. The van der Waals surface area contributed by atoms with Crippen LogP contribution in [0, 0.1) is 5.92 Å². The second kappa shape index (κ2) is 6.12. The molecule has 2 N–H and O–H groups in total. The number of carbonyl (C=O) groups is 1. The van der Waals surface area contributed by atoms with Gasteiger partial charge >= 0.3 is 5.97 Å². The molecule has 5 heteroatoms. The third-order valence-corrected chi connectivity index (χ3v) is 3.28. The van der Waals surface area contributed by atoms with Gasteiger partial charge in [-0.3, -0.25) is 0 Å². The molecular weight excluding hydrogens is 236 g/mol. The van der Waals surface area contributed by atoms with E-state index in [0.29, 0.717) is 11.6 Å². The Hall–Kier alpha value is -0.940. The molecule has 1 aromatic rings. The van der Waals surface area contributed by atoms with Crippen molar-refractivity contribution >= 4 is 17.3 Å². The van der Waals surface area contributed by atoms with E-state index < -0.39 is 0 Å². The summed E-state index contributed by atoms with van der Waals surface area (Å²) in [4.78, 5) is 15.9. The second-order valence-electron chi connectivity index (χ2n) is 4.71. The number of carbonyl (C=O) groups excluding carboxylic acids is 1. The molecule has 0 aliphatic heterocycles. The molecule has 0 bridgehead atoms. The van der Waals surface area contributed by atoms with Gasteiger partial charge in [0.05, 0.1) is 12.1 Å². The lowest BCUT2D eigenvalue weighted by Crippen LogP contribution is -2.17. The normalized spacial score (nSPS) is 14.7. The van der Waals surface area contributed by atoms with Crippen LogP contribution in [0.25, 0.3) is 0 Å². The number of esters is 1. The molecule has 96 valence electrons. The molecule has 0 aromatic carbocycles. The van der Waals surface area contributed by atoms with Crippen molar-refractivity contribution in [3.63, 3.8) is 0 Å². The molecule has 4 nitrogen and oxygen atoms in total. The van der Waals surface area contributed by atoms with Crippen molar-refractivity contribution in [1.29, 1.82) is 0 Å². The minimum absolute atomic E-state index is 0.0806. The van der Waals surface area contributed by atoms with Crippen molar-refractivity contribution in [2.45, 2.75) is 46.3 Å². The van der Waals surface area contributed by atoms with E-state index in [9.17, 15) is 4.79 Å². The minimum Gasteiger partial charge on any atom is -0.458 e. The molecular formula is C12H20N2O2S. The number of nitrogens with zero attached hydrogens (tertiary/aromatic N) is 1. The summed E-state index contributed by atoms with van der Waals surface area (Å²) in [7, 11) is 0. The van der Waals surface area contributed by atoms with Crippen LogP contribution in [0.4, 0.5) is 0 Å². The molecule has 0 saturated carbocycles.